The van der Waals surface area contributed by atoms with Crippen molar-refractivity contribution < 1.29 is 32.6 Å². The van der Waals surface area contributed by atoms with Crippen molar-refractivity contribution in [3.8, 4) is 12.3 Å². The summed E-state index contributed by atoms with van der Waals surface area (Å²) < 4.78 is 36.8. The van der Waals surface area contributed by atoms with E-state index in [0.29, 0.717) is 37.8 Å². The van der Waals surface area contributed by atoms with Crippen LogP contribution in [0.2, 0.25) is 0 Å². The number of carbonyl (C=O) groups excluding carboxylic acids is 3. The number of nitrogens with zero attached hydrogens (tertiary/aromatic N) is 10. The molecule has 136 heavy (non-hydrogen) atoms. The van der Waals surface area contributed by atoms with Crippen LogP contribution in [0.25, 0.3) is 0 Å². The Hall–Kier alpha value is -8.95. The van der Waals surface area contributed by atoms with E-state index in [2.05, 4.69) is 217 Å². The third-order valence-corrected chi connectivity index (χ3v) is 29.5. The Labute approximate surface area is 823 Å². The van der Waals surface area contributed by atoms with Gasteiger partial charge in [0.1, 0.15) is 11.2 Å². The van der Waals surface area contributed by atoms with Crippen LogP contribution in [0.3, 0.4) is 0 Å². The first-order valence-corrected chi connectivity index (χ1v) is 53.6. The van der Waals surface area contributed by atoms with Crippen LogP contribution in [0.15, 0.2) is 158 Å². The molecule has 7 aromatic rings. The molecule has 0 bridgehead atoms. The standard InChI is InChI=1S/C18H27NO2.C17H21N3.C16H21F2NO.C15H19N.C14H20.C12H23NO2.C11H17N3.C8H16.C7H15N/c1-5-14-6-8-15(9-7-14)16-10-12-19(13-11-16)17(20)21-18(2,3)4;1-2-14-4-6-15(7-5-14)16-8-12-20(13-9-16)17-18-10-3-11-19-17;1-3-12-4-6-13(7-5-12)14-8-10-19(11-9-14)15(20)16(2,17)18;1-3-13-5-7-15(8-6-13)16-11-9-14(4-2)10-12-16;1-2-12-8-10-14(11-9-12)13-6-4-3-5-7-13;1-5-10-6-8-13(9-7-10)11(14)15-12(2,3)4;1-2-10-4-8-14(9-5-10)11-12-6-3-7-13-11;1-2-8-6-4-3-5-7-8;1-2-7-3-5-8-6-4-7/h6-9,16H,5,10-13H2,1-4H3;3-7,10-11,16H,2,8-9,12-13H2,1H3;4-7,14H,3,8-11H2,1-2H3;1,5-8,14H,4,9-12H2,2H3;8-11,13H,2-7H2,1H3;10H,5-9H2,1-4H3;3,6-7,10H,2,4-5,8-9H2,1H3;8H,2-7H2,1H3;7-8H,2-6H2,1H3. The molecule has 0 radical (unpaired) electrons. The van der Waals surface area contributed by atoms with Gasteiger partial charge in [0.05, 0.1) is 0 Å². The van der Waals surface area contributed by atoms with Crippen molar-refractivity contribution in [3.63, 3.8) is 0 Å². The molecule has 1 N–H and O–H groups in total. The lowest BCUT2D eigenvalue weighted by atomic mass is 9.84. The molecule has 3 amide bonds. The third-order valence-electron chi connectivity index (χ3n) is 29.5. The number of likely N-dealkylation sites (tertiary alicyclic amines) is 3. The number of terminal acetylenes is 1. The topological polar surface area (TPSA) is 153 Å². The summed E-state index contributed by atoms with van der Waals surface area (Å²) >= 11 is 0. The van der Waals surface area contributed by atoms with Crippen LogP contribution < -0.4 is 20.0 Å². The summed E-state index contributed by atoms with van der Waals surface area (Å²) in [4.78, 5) is 64.5. The summed E-state index contributed by atoms with van der Waals surface area (Å²) in [6.07, 6.45) is 54.1. The van der Waals surface area contributed by atoms with E-state index >= 15 is 0 Å². The van der Waals surface area contributed by atoms with Crippen LogP contribution in [0.4, 0.5) is 36.0 Å². The lowest BCUT2D eigenvalue weighted by molar-refractivity contribution is -0.156. The lowest BCUT2D eigenvalue weighted by Gasteiger charge is -2.33. The molecule has 0 atom stereocenters. The minimum Gasteiger partial charge on any atom is -0.444 e. The van der Waals surface area contributed by atoms with Gasteiger partial charge < -0.3 is 44.2 Å². The Morgan fingerprint density at radius 3 is 0.912 bits per heavy atom. The van der Waals surface area contributed by atoms with Gasteiger partial charge in [0.15, 0.2) is 0 Å². The maximum atomic E-state index is 13.0. The molecule has 18 heteroatoms. The monoisotopic (exact) mass is 1870 g/mol. The first-order chi connectivity index (χ1) is 65.6. The summed E-state index contributed by atoms with van der Waals surface area (Å²) in [5.41, 5.74) is 12.8. The van der Waals surface area contributed by atoms with Crippen LogP contribution >= 0.6 is 0 Å². The van der Waals surface area contributed by atoms with E-state index in [1.165, 1.54) is 223 Å². The number of nitrogens with one attached hydrogen (secondary N) is 1. The SMILES string of the molecule is C#Cc1ccc(N2CCC(CC)CC2)cc1.CCC1CCCCC1.CCC1CCN(C(=O)OC(C)(C)C)CC1.CCC1CCN(c2ncccn2)CC1.CCC1CCNCC1.CCc1ccc(C2CCCCC2)cc1.CCc1ccc(C2CCN(C(=O)C(C)(F)F)CC2)cc1.CCc1ccc(C2CCN(C(=O)OC(C)(C)C)CC2)cc1.CCc1ccc(C2CCN(c3ncccn3)CC2)cc1. The maximum Gasteiger partial charge on any atom is 0.410 e. The van der Waals surface area contributed by atoms with Crippen LogP contribution in [0.5, 0.6) is 0 Å². The summed E-state index contributed by atoms with van der Waals surface area (Å²) in [6.45, 7) is 45.5. The zero-order valence-corrected chi connectivity index (χ0v) is 87.3. The molecule has 2 aromatic heterocycles. The molecule has 2 saturated carbocycles. The van der Waals surface area contributed by atoms with E-state index in [9.17, 15) is 23.2 Å². The van der Waals surface area contributed by atoms with Gasteiger partial charge in [0.2, 0.25) is 11.9 Å². The molecule has 0 spiro atoms. The van der Waals surface area contributed by atoms with E-state index in [0.717, 1.165) is 170 Å². The Kier molecular flexibility index (Phi) is 50.2. The molecule has 9 fully saturated rings. The van der Waals surface area contributed by atoms with Crippen LogP contribution in [0.1, 0.15) is 371 Å². The van der Waals surface area contributed by atoms with Gasteiger partial charge in [-0.2, -0.15) is 8.78 Å². The Morgan fingerprint density at radius 2 is 0.618 bits per heavy atom. The lowest BCUT2D eigenvalue weighted by Crippen LogP contribution is -2.45. The minimum absolute atomic E-state index is 0.156. The molecular weight excluding hydrogens is 1690 g/mol. The molecular formula is C118H179F2N11O5. The number of aromatic nitrogens is 4. The molecule has 9 aliphatic rings. The molecule has 9 heterocycles. The Morgan fingerprint density at radius 1 is 0.346 bits per heavy atom. The molecule has 0 unspecified atom stereocenters. The van der Waals surface area contributed by atoms with E-state index in [4.69, 9.17) is 15.9 Å². The molecule has 5 aromatic carbocycles. The predicted octanol–water partition coefficient (Wildman–Crippen LogP) is 28.5. The number of halogens is 2. The number of benzene rings is 5. The van der Waals surface area contributed by atoms with Gasteiger partial charge >= 0.3 is 18.1 Å². The van der Waals surface area contributed by atoms with E-state index in [1.54, 1.807) is 5.56 Å². The smallest absolute Gasteiger partial charge is 0.410 e. The van der Waals surface area contributed by atoms with Crippen molar-refractivity contribution in [2.45, 2.75) is 363 Å². The number of amides is 3. The van der Waals surface area contributed by atoms with Gasteiger partial charge in [-0.25, -0.2) is 29.5 Å². The largest absolute Gasteiger partial charge is 0.444 e. The van der Waals surface area contributed by atoms with E-state index < -0.39 is 17.4 Å². The van der Waals surface area contributed by atoms with Gasteiger partial charge in [-0.05, 0) is 317 Å². The number of aryl methyl sites for hydroxylation is 4. The van der Waals surface area contributed by atoms with Gasteiger partial charge in [-0.3, -0.25) is 4.79 Å². The van der Waals surface area contributed by atoms with E-state index in [1.807, 2.05) is 100 Å². The second-order valence-corrected chi connectivity index (χ2v) is 41.5. The Bertz CT molecular complexity index is 4360. The fraction of sp³-hybridized carbons (Fsp3) is 0.636. The number of hydrogen-bond acceptors (Lipinski definition) is 13. The van der Waals surface area contributed by atoms with Crippen molar-refractivity contribution in [2.75, 3.05) is 106 Å². The highest BCUT2D eigenvalue weighted by Gasteiger charge is 2.39. The number of anilines is 3. The predicted molar refractivity (Wildman–Crippen MR) is 565 cm³/mol. The fourth-order valence-electron chi connectivity index (χ4n) is 19.9. The average Bonchev–Trinajstić information content (AvgIpc) is 0.850. The number of piperidine rings is 7. The molecule has 7 aliphatic heterocycles. The summed E-state index contributed by atoms with van der Waals surface area (Å²) in [5.74, 6) is 7.34. The third kappa shape index (κ3) is 40.8. The highest BCUT2D eigenvalue weighted by atomic mass is 19.3. The number of alkyl halides is 2. The molecule has 7 saturated heterocycles. The van der Waals surface area contributed by atoms with E-state index in [-0.39, 0.29) is 17.8 Å². The molecule has 750 valence electrons. The van der Waals surface area contributed by atoms with Crippen molar-refractivity contribution in [3.05, 3.63) is 208 Å². The second kappa shape index (κ2) is 60.8. The van der Waals surface area contributed by atoms with Gasteiger partial charge in [0.25, 0.3) is 5.91 Å². The van der Waals surface area contributed by atoms with Crippen LogP contribution in [-0.2, 0) is 40.0 Å². The van der Waals surface area contributed by atoms with Crippen molar-refractivity contribution in [2.24, 2.45) is 29.6 Å². The number of hydrogen-bond donors (Lipinski definition) is 1. The highest BCUT2D eigenvalue weighted by Crippen LogP contribution is 2.37. The van der Waals surface area contributed by atoms with Crippen molar-refractivity contribution >= 4 is 35.7 Å². The first kappa shape index (κ1) is 112. The van der Waals surface area contributed by atoms with Crippen LogP contribution in [0, 0.1) is 41.9 Å². The van der Waals surface area contributed by atoms with Gasteiger partial charge in [-0.1, -0.05) is 249 Å². The summed E-state index contributed by atoms with van der Waals surface area (Å²) in [6, 6.07) is 47.9. The zero-order chi connectivity index (χ0) is 98.1. The normalized spacial score (nSPS) is 18.2. The van der Waals surface area contributed by atoms with Crippen molar-refractivity contribution in [1.29, 1.82) is 0 Å². The molecule has 16 rings (SSSR count). The van der Waals surface area contributed by atoms with Gasteiger partial charge in [-0.15, -0.1) is 6.42 Å². The minimum atomic E-state index is -3.25. The van der Waals surface area contributed by atoms with Crippen molar-refractivity contribution in [1.82, 2.24) is 40.0 Å². The average molecular weight is 1870 g/mol. The number of rotatable bonds is 17. The summed E-state index contributed by atoms with van der Waals surface area (Å²) in [7, 11) is 0. The summed E-state index contributed by atoms with van der Waals surface area (Å²) in [5, 5.41) is 3.35. The number of ether oxygens (including phenoxy) is 2. The quantitative estimate of drug-likeness (QED) is 0.0862. The first-order valence-electron chi connectivity index (χ1n) is 53.6. The van der Waals surface area contributed by atoms with Gasteiger partial charge in [0, 0.05) is 121 Å². The Balaban J connectivity index is 0.000000190. The zero-order valence-electron chi connectivity index (χ0n) is 87.3. The molecule has 2 aliphatic carbocycles. The van der Waals surface area contributed by atoms with Crippen LogP contribution in [-0.4, -0.2) is 161 Å². The maximum absolute atomic E-state index is 13.0. The molecule has 16 nitrogen and oxygen atoms in total. The number of carbonyl (C=O) groups is 3. The fourth-order valence-corrected chi connectivity index (χ4v) is 19.9. The highest BCUT2D eigenvalue weighted by molar-refractivity contribution is 5.83. The second-order valence-electron chi connectivity index (χ2n) is 41.5.